The first-order valence-electron chi connectivity index (χ1n) is 21.8. The number of amides is 8. The van der Waals surface area contributed by atoms with Crippen LogP contribution in [0.4, 0.5) is 0 Å². The van der Waals surface area contributed by atoms with Crippen LogP contribution < -0.4 is 60.2 Å². The number of hydrogen-bond acceptors (Lipinski definition) is 11. The van der Waals surface area contributed by atoms with Gasteiger partial charge in [-0.25, -0.2) is 4.98 Å². The van der Waals surface area contributed by atoms with Gasteiger partial charge in [0.1, 0.15) is 36.3 Å². The monoisotopic (exact) mass is 901 g/mol. The quantitative estimate of drug-likeness (QED) is 0.0243. The number of aliphatic imine (C=N–C) groups is 2. The van der Waals surface area contributed by atoms with E-state index in [0.29, 0.717) is 25.0 Å². The summed E-state index contributed by atoms with van der Waals surface area (Å²) in [6.45, 7) is 7.42. The van der Waals surface area contributed by atoms with Gasteiger partial charge >= 0.3 is 0 Å². The van der Waals surface area contributed by atoms with Gasteiger partial charge in [-0.05, 0) is 70.6 Å². The fraction of sp³-hybridized carbons (Fsp3) is 0.675. The van der Waals surface area contributed by atoms with Crippen LogP contribution in [0.1, 0.15) is 97.6 Å². The minimum absolute atomic E-state index is 0.0421. The summed E-state index contributed by atoms with van der Waals surface area (Å²) in [4.78, 5) is 123. The van der Waals surface area contributed by atoms with Crippen molar-refractivity contribution in [1.82, 2.24) is 52.1 Å². The van der Waals surface area contributed by atoms with E-state index in [1.807, 2.05) is 27.7 Å². The predicted octanol–water partition coefficient (Wildman–Crippen LogP) is -3.65. The standard InChI is InChI=1S/C40H68N16O8/c1-5-23(4)50-36(62)29(18-24-19-45-21-49-24)52-32(58)20-48-33(59)28(17-22(2)3)55-34(60)25(9-6-14-46-39(41)42)53-37(63)30-11-8-16-56(30)38(64)27(10-7-15-47-40(43)44)54-35(61)26-12-13-31(57)51-26/h19,21-23,25-30H,5-18,20H2,1-4H3,(H,45,49)(H,48,59)(H,50,62)(H,51,57)(H,52,58)(H,53,63)(H,54,61)(H,55,60)(H4,41,42,46)(H4,43,44,47)/t23-,25+,26+,27+,28+,29+,30+/m1/s1. The first-order chi connectivity index (χ1) is 30.4. The molecule has 3 rings (SSSR count). The van der Waals surface area contributed by atoms with Gasteiger partial charge in [0.2, 0.25) is 47.3 Å². The summed E-state index contributed by atoms with van der Waals surface area (Å²) in [5.74, 6) is -4.81. The number of rotatable bonds is 26. The third-order valence-corrected chi connectivity index (χ3v) is 10.7. The maximum absolute atomic E-state index is 14.1. The van der Waals surface area contributed by atoms with Gasteiger partial charge < -0.3 is 70.0 Å². The highest BCUT2D eigenvalue weighted by molar-refractivity contribution is 5.98. The van der Waals surface area contributed by atoms with Crippen LogP contribution >= 0.6 is 0 Å². The van der Waals surface area contributed by atoms with Crippen LogP contribution in [0.5, 0.6) is 0 Å². The normalized spacial score (nSPS) is 18.0. The molecule has 7 atom stereocenters. The lowest BCUT2D eigenvalue weighted by atomic mass is 10.0. The molecule has 0 saturated carbocycles. The molecule has 1 aromatic heterocycles. The van der Waals surface area contributed by atoms with E-state index in [1.54, 1.807) is 0 Å². The third kappa shape index (κ3) is 17.7. The van der Waals surface area contributed by atoms with Crippen molar-refractivity contribution in [2.75, 3.05) is 26.2 Å². The van der Waals surface area contributed by atoms with E-state index < -0.39 is 84.1 Å². The van der Waals surface area contributed by atoms with Crippen LogP contribution in [0.25, 0.3) is 0 Å². The zero-order chi connectivity index (χ0) is 47.3. The number of carbonyl (C=O) groups excluding carboxylic acids is 8. The second-order valence-corrected chi connectivity index (χ2v) is 16.5. The average molecular weight is 901 g/mol. The van der Waals surface area contributed by atoms with Crippen LogP contribution in [0.2, 0.25) is 0 Å². The Labute approximate surface area is 372 Å². The number of likely N-dealkylation sites (tertiary alicyclic amines) is 1. The molecule has 2 aliphatic rings. The van der Waals surface area contributed by atoms with Gasteiger partial charge in [0, 0.05) is 50.4 Å². The van der Waals surface area contributed by atoms with Crippen LogP contribution in [-0.4, -0.2) is 143 Å². The molecular formula is C40H68N16O8. The fourth-order valence-electron chi connectivity index (χ4n) is 7.17. The largest absolute Gasteiger partial charge is 0.370 e. The predicted molar refractivity (Wildman–Crippen MR) is 236 cm³/mol. The number of carbonyl (C=O) groups is 8. The Morgan fingerprint density at radius 3 is 2.03 bits per heavy atom. The zero-order valence-electron chi connectivity index (χ0n) is 37.2. The molecule has 2 aliphatic heterocycles. The summed E-state index contributed by atoms with van der Waals surface area (Å²) in [7, 11) is 0. The van der Waals surface area contributed by atoms with Crippen molar-refractivity contribution in [3.05, 3.63) is 18.2 Å². The van der Waals surface area contributed by atoms with Crippen LogP contribution in [0, 0.1) is 5.92 Å². The zero-order valence-corrected chi connectivity index (χ0v) is 37.2. The summed E-state index contributed by atoms with van der Waals surface area (Å²) in [6, 6.07) is -6.36. The van der Waals surface area contributed by atoms with E-state index in [9.17, 15) is 38.4 Å². The molecule has 0 radical (unpaired) electrons. The Bertz CT molecular complexity index is 1810. The Morgan fingerprint density at radius 1 is 0.812 bits per heavy atom. The molecule has 24 heteroatoms. The molecule has 8 amide bonds. The number of nitrogens with two attached hydrogens (primary N) is 4. The molecule has 1 aromatic rings. The number of hydrogen-bond donors (Lipinski definition) is 12. The highest BCUT2D eigenvalue weighted by atomic mass is 16.2. The average Bonchev–Trinajstić information content (AvgIpc) is 4.04. The Balaban J connectivity index is 1.75. The topological polar surface area (TPSA) is 381 Å². The number of imidazole rings is 1. The second kappa shape index (κ2) is 26.2. The van der Waals surface area contributed by atoms with Gasteiger partial charge in [0.15, 0.2) is 11.9 Å². The number of H-pyrrole nitrogens is 1. The fourth-order valence-corrected chi connectivity index (χ4v) is 7.17. The van der Waals surface area contributed by atoms with Gasteiger partial charge in [-0.3, -0.25) is 48.3 Å². The maximum Gasteiger partial charge on any atom is 0.245 e. The van der Waals surface area contributed by atoms with Crippen LogP contribution in [0.15, 0.2) is 22.5 Å². The van der Waals surface area contributed by atoms with Gasteiger partial charge in [-0.1, -0.05) is 20.8 Å². The smallest absolute Gasteiger partial charge is 0.245 e. The van der Waals surface area contributed by atoms with Gasteiger partial charge in [0.25, 0.3) is 0 Å². The molecule has 0 bridgehead atoms. The first kappa shape index (κ1) is 51.9. The molecule has 64 heavy (non-hydrogen) atoms. The van der Waals surface area contributed by atoms with Gasteiger partial charge in [-0.2, -0.15) is 0 Å². The van der Waals surface area contributed by atoms with E-state index >= 15 is 0 Å². The SMILES string of the molecule is CC[C@@H](C)NC(=O)[C@H](Cc1cnc[nH]1)NC(=O)CNC(=O)[C@H](CC(C)C)NC(=O)[C@H](CCCN=C(N)N)NC(=O)[C@@H]1CCCN1C(=O)[C@H](CCCN=C(N)N)NC(=O)[C@@H]1CCC(=O)N1. The van der Waals surface area contributed by atoms with E-state index in [1.165, 1.54) is 17.4 Å². The van der Waals surface area contributed by atoms with Gasteiger partial charge in [0.05, 0.1) is 12.9 Å². The Morgan fingerprint density at radius 2 is 1.45 bits per heavy atom. The molecule has 0 unspecified atom stereocenters. The molecule has 24 nitrogen and oxygen atoms in total. The van der Waals surface area contributed by atoms with Crippen molar-refractivity contribution >= 4 is 59.2 Å². The van der Waals surface area contributed by atoms with E-state index in [4.69, 9.17) is 22.9 Å². The molecule has 0 aromatic carbocycles. The second-order valence-electron chi connectivity index (χ2n) is 16.5. The van der Waals surface area contributed by atoms with Crippen LogP contribution in [-0.2, 0) is 44.8 Å². The number of aromatic amines is 1. The van der Waals surface area contributed by atoms with E-state index in [2.05, 4.69) is 57.2 Å². The lowest BCUT2D eigenvalue weighted by Crippen LogP contribution is -2.59. The van der Waals surface area contributed by atoms with Crippen LogP contribution in [0.3, 0.4) is 0 Å². The molecular weight excluding hydrogens is 833 g/mol. The number of nitrogens with one attached hydrogen (secondary N) is 8. The molecule has 2 fully saturated rings. The summed E-state index contributed by atoms with van der Waals surface area (Å²) < 4.78 is 0. The summed E-state index contributed by atoms with van der Waals surface area (Å²) >= 11 is 0. The summed E-state index contributed by atoms with van der Waals surface area (Å²) in [5.41, 5.74) is 22.5. The number of aromatic nitrogens is 2. The van der Waals surface area contributed by atoms with E-state index in [0.717, 1.165) is 0 Å². The number of guanidine groups is 2. The third-order valence-electron chi connectivity index (χ3n) is 10.7. The van der Waals surface area contributed by atoms with Crippen molar-refractivity contribution in [2.45, 2.75) is 141 Å². The maximum atomic E-state index is 14.1. The van der Waals surface area contributed by atoms with Crippen molar-refractivity contribution in [1.29, 1.82) is 0 Å². The highest BCUT2D eigenvalue weighted by Crippen LogP contribution is 2.21. The van der Waals surface area contributed by atoms with Crippen molar-refractivity contribution in [3.8, 4) is 0 Å². The molecule has 2 saturated heterocycles. The molecule has 16 N–H and O–H groups in total. The van der Waals surface area contributed by atoms with Crippen molar-refractivity contribution in [3.63, 3.8) is 0 Å². The number of nitrogens with zero attached hydrogens (tertiary/aromatic N) is 4. The lowest BCUT2D eigenvalue weighted by molar-refractivity contribution is -0.142. The molecule has 356 valence electrons. The first-order valence-corrected chi connectivity index (χ1v) is 21.8. The highest BCUT2D eigenvalue weighted by Gasteiger charge is 2.40. The molecule has 3 heterocycles. The minimum Gasteiger partial charge on any atom is -0.370 e. The summed E-state index contributed by atoms with van der Waals surface area (Å²) in [6.07, 6.45) is 5.83. The Kier molecular flexibility index (Phi) is 21.2. The van der Waals surface area contributed by atoms with Crippen molar-refractivity contribution in [2.24, 2.45) is 38.8 Å². The molecule has 0 spiro atoms. The summed E-state index contributed by atoms with van der Waals surface area (Å²) in [5, 5.41) is 18.9. The van der Waals surface area contributed by atoms with Gasteiger partial charge in [-0.15, -0.1) is 0 Å². The van der Waals surface area contributed by atoms with Crippen molar-refractivity contribution < 1.29 is 38.4 Å². The van der Waals surface area contributed by atoms with E-state index in [-0.39, 0.29) is 101 Å². The molecule has 0 aliphatic carbocycles. The Hall–Kier alpha value is -6.49. The lowest BCUT2D eigenvalue weighted by Gasteiger charge is -2.30. The minimum atomic E-state index is -1.21.